The number of aliphatic hydroxyl groups is 2. The van der Waals surface area contributed by atoms with Crippen LogP contribution in [0.4, 0.5) is 0 Å². The Bertz CT molecular complexity index is 1610. The molecule has 0 radical (unpaired) electrons. The summed E-state index contributed by atoms with van der Waals surface area (Å²) in [5.41, 5.74) is 3.69. The summed E-state index contributed by atoms with van der Waals surface area (Å²) in [6.45, 7) is 1.02. The fraction of sp³-hybridized carbons (Fsp3) is 0.415. The Morgan fingerprint density at radius 1 is 0.596 bits per heavy atom. The highest BCUT2D eigenvalue weighted by atomic mass is 16.8. The molecular formula is C41H46O11. The van der Waals surface area contributed by atoms with Gasteiger partial charge in [-0.2, -0.15) is 0 Å². The zero-order chi connectivity index (χ0) is 35.7. The number of rotatable bonds is 14. The highest BCUT2D eigenvalue weighted by Crippen LogP contribution is 2.37. The van der Waals surface area contributed by atoms with Gasteiger partial charge >= 0.3 is 0 Å². The van der Waals surface area contributed by atoms with Crippen molar-refractivity contribution in [2.45, 2.75) is 87.5 Å². The van der Waals surface area contributed by atoms with E-state index in [0.717, 1.165) is 22.3 Å². The molecule has 0 bridgehead atoms. The van der Waals surface area contributed by atoms with E-state index in [1.54, 1.807) is 7.11 Å². The van der Waals surface area contributed by atoms with Gasteiger partial charge in [-0.3, -0.25) is 0 Å². The quantitative estimate of drug-likeness (QED) is 0.189. The summed E-state index contributed by atoms with van der Waals surface area (Å²) in [6, 6.07) is 38.8. The van der Waals surface area contributed by atoms with Crippen molar-refractivity contribution in [3.63, 3.8) is 0 Å². The predicted molar refractivity (Wildman–Crippen MR) is 187 cm³/mol. The highest BCUT2D eigenvalue weighted by Gasteiger charge is 2.54. The van der Waals surface area contributed by atoms with E-state index in [9.17, 15) is 10.2 Å². The maximum absolute atomic E-state index is 11.5. The lowest BCUT2D eigenvalue weighted by atomic mass is 9.96. The largest absolute Gasteiger partial charge is 0.387 e. The Morgan fingerprint density at radius 3 is 1.75 bits per heavy atom. The van der Waals surface area contributed by atoms with Crippen LogP contribution in [-0.4, -0.2) is 91.9 Å². The number of methoxy groups -OCH3 is 1. The molecule has 0 aliphatic carbocycles. The standard InChI is InChI=1S/C41H46O11/c1-44-41-38(47-24-29-18-10-4-11-19-29)37(46-23-28-16-8-3-9-17-28)36(31(50-41)25-45-22-27-14-6-2-7-15-27)52-40-34(43)33(42)35-32(49-40)26-48-39(51-35)30-20-12-5-13-21-30/h2-21,31-43H,22-26H2,1H3/t31-,32-,33-,34-,35-,36+,37+,38-,39-,40+,41-/m1/s1. The summed E-state index contributed by atoms with van der Waals surface area (Å²) in [6.07, 6.45) is -10.5. The predicted octanol–water partition coefficient (Wildman–Crippen LogP) is 4.69. The Labute approximate surface area is 303 Å². The Kier molecular flexibility index (Phi) is 12.7. The van der Waals surface area contributed by atoms with Crippen molar-refractivity contribution in [1.82, 2.24) is 0 Å². The van der Waals surface area contributed by atoms with Crippen LogP contribution in [-0.2, 0) is 62.5 Å². The third-order valence-corrected chi connectivity index (χ3v) is 9.48. The van der Waals surface area contributed by atoms with Crippen molar-refractivity contribution in [3.05, 3.63) is 144 Å². The minimum atomic E-state index is -1.47. The topological polar surface area (TPSA) is 124 Å². The van der Waals surface area contributed by atoms with Gasteiger partial charge in [0.1, 0.15) is 48.8 Å². The molecule has 0 aromatic heterocycles. The Balaban J connectivity index is 1.14. The van der Waals surface area contributed by atoms with E-state index in [4.69, 9.17) is 42.6 Å². The van der Waals surface area contributed by atoms with Gasteiger partial charge in [0.2, 0.25) is 0 Å². The van der Waals surface area contributed by atoms with E-state index in [0.29, 0.717) is 6.61 Å². The van der Waals surface area contributed by atoms with E-state index < -0.39 is 67.7 Å². The number of fused-ring (bicyclic) bond motifs is 1. The lowest BCUT2D eigenvalue weighted by Crippen LogP contribution is -2.66. The first-order chi connectivity index (χ1) is 25.6. The molecule has 7 rings (SSSR count). The summed E-state index contributed by atoms with van der Waals surface area (Å²) in [4.78, 5) is 0. The molecule has 11 heteroatoms. The normalized spacial score (nSPS) is 31.9. The summed E-state index contributed by atoms with van der Waals surface area (Å²) >= 11 is 0. The number of hydrogen-bond acceptors (Lipinski definition) is 11. The summed E-state index contributed by atoms with van der Waals surface area (Å²) < 4.78 is 56.8. The molecule has 2 N–H and O–H groups in total. The van der Waals surface area contributed by atoms with Crippen LogP contribution in [0.2, 0.25) is 0 Å². The Morgan fingerprint density at radius 2 is 1.15 bits per heavy atom. The van der Waals surface area contributed by atoms with E-state index in [1.165, 1.54) is 0 Å². The van der Waals surface area contributed by atoms with E-state index >= 15 is 0 Å². The molecule has 3 heterocycles. The summed E-state index contributed by atoms with van der Waals surface area (Å²) in [7, 11) is 1.55. The van der Waals surface area contributed by atoms with Crippen LogP contribution in [0.3, 0.4) is 0 Å². The van der Waals surface area contributed by atoms with Crippen LogP contribution in [0, 0.1) is 0 Å². The van der Waals surface area contributed by atoms with Crippen LogP contribution >= 0.6 is 0 Å². The van der Waals surface area contributed by atoms with Gasteiger partial charge in [-0.25, -0.2) is 0 Å². The molecule has 11 nitrogen and oxygen atoms in total. The molecule has 3 aliphatic rings. The van der Waals surface area contributed by atoms with Gasteiger partial charge in [-0.1, -0.05) is 121 Å². The number of ether oxygens (including phenoxy) is 9. The monoisotopic (exact) mass is 714 g/mol. The second-order valence-corrected chi connectivity index (χ2v) is 13.1. The molecule has 0 spiro atoms. The molecule has 0 amide bonds. The van der Waals surface area contributed by atoms with Crippen LogP contribution < -0.4 is 0 Å². The SMILES string of the molecule is CO[C@@H]1O[C@H](COCc2ccccc2)[C@H](O[C@@H]2O[C@@H]3CO[C@@H](c4ccccc4)O[C@H]3[C@H](O)[C@H]2O)[C@H](OCc2ccccc2)[C@H]1OCc1ccccc1. The first kappa shape index (κ1) is 36.8. The number of benzene rings is 4. The number of hydrogen-bond donors (Lipinski definition) is 2. The minimum Gasteiger partial charge on any atom is -0.387 e. The highest BCUT2D eigenvalue weighted by molar-refractivity contribution is 5.18. The first-order valence-electron chi connectivity index (χ1n) is 17.7. The molecule has 52 heavy (non-hydrogen) atoms. The molecule has 3 aliphatic heterocycles. The van der Waals surface area contributed by atoms with Gasteiger partial charge in [0.25, 0.3) is 0 Å². The van der Waals surface area contributed by atoms with Gasteiger partial charge < -0.3 is 52.8 Å². The fourth-order valence-corrected chi connectivity index (χ4v) is 6.76. The maximum Gasteiger partial charge on any atom is 0.187 e. The smallest absolute Gasteiger partial charge is 0.187 e. The summed E-state index contributed by atoms with van der Waals surface area (Å²) in [5, 5.41) is 22.9. The van der Waals surface area contributed by atoms with Crippen LogP contribution in [0.5, 0.6) is 0 Å². The van der Waals surface area contributed by atoms with Gasteiger partial charge in [0.05, 0.1) is 33.0 Å². The van der Waals surface area contributed by atoms with Crippen molar-refractivity contribution < 1.29 is 52.8 Å². The third kappa shape index (κ3) is 8.96. The van der Waals surface area contributed by atoms with E-state index in [1.807, 2.05) is 121 Å². The lowest BCUT2D eigenvalue weighted by molar-refractivity contribution is -0.389. The van der Waals surface area contributed by atoms with Crippen molar-refractivity contribution in [1.29, 1.82) is 0 Å². The maximum atomic E-state index is 11.5. The zero-order valence-corrected chi connectivity index (χ0v) is 29.0. The molecule has 0 unspecified atom stereocenters. The van der Waals surface area contributed by atoms with Crippen LogP contribution in [0.25, 0.3) is 0 Å². The van der Waals surface area contributed by atoms with Crippen molar-refractivity contribution in [2.24, 2.45) is 0 Å². The van der Waals surface area contributed by atoms with Gasteiger partial charge in [-0.05, 0) is 16.7 Å². The lowest BCUT2D eigenvalue weighted by Gasteiger charge is -2.50. The first-order valence-corrected chi connectivity index (χ1v) is 17.7. The third-order valence-electron chi connectivity index (χ3n) is 9.48. The molecular weight excluding hydrogens is 668 g/mol. The van der Waals surface area contributed by atoms with Crippen molar-refractivity contribution in [3.8, 4) is 0 Å². The molecule has 11 atom stereocenters. The van der Waals surface area contributed by atoms with Crippen LogP contribution in [0.1, 0.15) is 28.5 Å². The molecule has 3 saturated heterocycles. The fourth-order valence-electron chi connectivity index (χ4n) is 6.76. The van der Waals surface area contributed by atoms with Gasteiger partial charge in [-0.15, -0.1) is 0 Å². The Hall–Kier alpha value is -3.56. The molecule has 276 valence electrons. The van der Waals surface area contributed by atoms with Crippen molar-refractivity contribution >= 4 is 0 Å². The second kappa shape index (κ2) is 18.0. The van der Waals surface area contributed by atoms with E-state index in [2.05, 4.69) is 0 Å². The molecule has 3 fully saturated rings. The minimum absolute atomic E-state index is 0.0957. The second-order valence-electron chi connectivity index (χ2n) is 13.1. The summed E-state index contributed by atoms with van der Waals surface area (Å²) in [5.74, 6) is 0. The zero-order valence-electron chi connectivity index (χ0n) is 29.0. The molecule has 4 aromatic carbocycles. The van der Waals surface area contributed by atoms with Crippen LogP contribution in [0.15, 0.2) is 121 Å². The number of aliphatic hydroxyl groups excluding tert-OH is 2. The molecule has 4 aromatic rings. The van der Waals surface area contributed by atoms with E-state index in [-0.39, 0.29) is 26.4 Å². The molecule has 0 saturated carbocycles. The van der Waals surface area contributed by atoms with Crippen molar-refractivity contribution in [2.75, 3.05) is 20.3 Å². The average Bonchev–Trinajstić information content (AvgIpc) is 3.20. The van der Waals surface area contributed by atoms with Gasteiger partial charge in [0, 0.05) is 12.7 Å². The average molecular weight is 715 g/mol. The van der Waals surface area contributed by atoms with Gasteiger partial charge in [0.15, 0.2) is 18.9 Å².